The van der Waals surface area contributed by atoms with Crippen LogP contribution in [0.5, 0.6) is 0 Å². The van der Waals surface area contributed by atoms with E-state index in [1.807, 2.05) is 73.7 Å². The van der Waals surface area contributed by atoms with Gasteiger partial charge in [0.15, 0.2) is 0 Å². The number of pyridine rings is 1. The Morgan fingerprint density at radius 2 is 1.76 bits per heavy atom. The first-order chi connectivity index (χ1) is 16.2. The molecule has 0 fully saturated rings. The minimum absolute atomic E-state index is 0.207. The third-order valence-corrected chi connectivity index (χ3v) is 6.20. The van der Waals surface area contributed by atoms with Crippen LogP contribution in [-0.4, -0.2) is 25.7 Å². The van der Waals surface area contributed by atoms with E-state index >= 15 is 0 Å². The maximum absolute atomic E-state index is 13.4. The van der Waals surface area contributed by atoms with Crippen LogP contribution in [0.15, 0.2) is 101 Å². The fraction of sp³-hybridized carbons (Fsp3) is 0.120. The van der Waals surface area contributed by atoms with Gasteiger partial charge in [0, 0.05) is 23.3 Å². The predicted octanol–water partition coefficient (Wildman–Crippen LogP) is 4.89. The molecule has 0 spiro atoms. The lowest BCUT2D eigenvalue weighted by Gasteiger charge is -2.27. The lowest BCUT2D eigenvalue weighted by molar-refractivity contribution is -0.113. The van der Waals surface area contributed by atoms with E-state index in [4.69, 9.17) is 5.10 Å². The number of nitrogens with one attached hydrogen (secondary N) is 2. The SMILES string of the molecule is CC1=C(C(=O)Nc2ccccc2)[C@@H](c2ccccn2)n2nc(SCc3ccccc3)nc2N1. The first-order valence-corrected chi connectivity index (χ1v) is 11.6. The number of rotatable bonds is 6. The summed E-state index contributed by atoms with van der Waals surface area (Å²) < 4.78 is 1.75. The zero-order valence-corrected chi connectivity index (χ0v) is 18.8. The van der Waals surface area contributed by atoms with Crippen LogP contribution >= 0.6 is 11.8 Å². The fourth-order valence-electron chi connectivity index (χ4n) is 3.74. The quantitative estimate of drug-likeness (QED) is 0.404. The number of thioether (sulfide) groups is 1. The van der Waals surface area contributed by atoms with Crippen molar-refractivity contribution in [2.24, 2.45) is 0 Å². The summed E-state index contributed by atoms with van der Waals surface area (Å²) in [7, 11) is 0. The largest absolute Gasteiger partial charge is 0.328 e. The highest BCUT2D eigenvalue weighted by atomic mass is 32.2. The molecule has 2 aromatic heterocycles. The highest BCUT2D eigenvalue weighted by Gasteiger charge is 2.35. The Labute approximate surface area is 196 Å². The molecular weight excluding hydrogens is 432 g/mol. The molecule has 2 aromatic carbocycles. The van der Waals surface area contributed by atoms with Gasteiger partial charge < -0.3 is 10.6 Å². The lowest BCUT2D eigenvalue weighted by Crippen LogP contribution is -2.32. The van der Waals surface area contributed by atoms with E-state index in [-0.39, 0.29) is 5.91 Å². The lowest BCUT2D eigenvalue weighted by atomic mass is 9.98. The minimum Gasteiger partial charge on any atom is -0.328 e. The molecule has 2 N–H and O–H groups in total. The average Bonchev–Trinajstić information content (AvgIpc) is 3.26. The molecule has 5 rings (SSSR count). The molecule has 33 heavy (non-hydrogen) atoms. The number of aromatic nitrogens is 4. The number of hydrogen-bond donors (Lipinski definition) is 2. The molecule has 164 valence electrons. The second-order valence-corrected chi connectivity index (χ2v) is 8.52. The summed E-state index contributed by atoms with van der Waals surface area (Å²) in [5.41, 5.74) is 3.92. The number of nitrogens with zero attached hydrogens (tertiary/aromatic N) is 4. The van der Waals surface area contributed by atoms with Gasteiger partial charge in [0.1, 0.15) is 6.04 Å². The van der Waals surface area contributed by atoms with Gasteiger partial charge in [-0.3, -0.25) is 9.78 Å². The number of fused-ring (bicyclic) bond motifs is 1. The van der Waals surface area contributed by atoms with E-state index in [1.165, 1.54) is 5.56 Å². The Hall–Kier alpha value is -3.91. The summed E-state index contributed by atoms with van der Waals surface area (Å²) >= 11 is 1.56. The van der Waals surface area contributed by atoms with Crippen molar-refractivity contribution in [2.45, 2.75) is 23.9 Å². The highest BCUT2D eigenvalue weighted by molar-refractivity contribution is 7.98. The van der Waals surface area contributed by atoms with E-state index < -0.39 is 6.04 Å². The van der Waals surface area contributed by atoms with Gasteiger partial charge in [-0.1, -0.05) is 66.4 Å². The van der Waals surface area contributed by atoms with Crippen molar-refractivity contribution < 1.29 is 4.79 Å². The Kier molecular flexibility index (Phi) is 5.91. The monoisotopic (exact) mass is 454 g/mol. The van der Waals surface area contributed by atoms with Crippen molar-refractivity contribution in [3.05, 3.63) is 108 Å². The highest BCUT2D eigenvalue weighted by Crippen LogP contribution is 2.36. The number of hydrogen-bond acceptors (Lipinski definition) is 6. The average molecular weight is 455 g/mol. The van der Waals surface area contributed by atoms with E-state index in [0.717, 1.165) is 22.8 Å². The number of carbonyl (C=O) groups is 1. The van der Waals surface area contributed by atoms with Crippen LogP contribution < -0.4 is 10.6 Å². The van der Waals surface area contributed by atoms with Crippen LogP contribution in [0.2, 0.25) is 0 Å². The van der Waals surface area contributed by atoms with Crippen LogP contribution in [0.1, 0.15) is 24.2 Å². The maximum atomic E-state index is 13.4. The van der Waals surface area contributed by atoms with Gasteiger partial charge in [-0.15, -0.1) is 5.10 Å². The molecule has 1 aliphatic rings. The van der Waals surface area contributed by atoms with Crippen LogP contribution in [0.25, 0.3) is 0 Å². The van der Waals surface area contributed by atoms with E-state index in [2.05, 4.69) is 32.7 Å². The molecule has 1 aliphatic heterocycles. The molecule has 8 heteroatoms. The minimum atomic E-state index is -0.496. The number of carbonyl (C=O) groups excluding carboxylic acids is 1. The summed E-state index contributed by atoms with van der Waals surface area (Å²) in [5.74, 6) is 1.14. The molecule has 3 heterocycles. The Morgan fingerprint density at radius 3 is 2.48 bits per heavy atom. The first-order valence-electron chi connectivity index (χ1n) is 10.6. The normalized spacial score (nSPS) is 15.0. The molecule has 0 bridgehead atoms. The number of amides is 1. The molecule has 1 amide bonds. The zero-order valence-electron chi connectivity index (χ0n) is 18.0. The van der Waals surface area contributed by atoms with Gasteiger partial charge in [0.05, 0.1) is 11.3 Å². The molecular formula is C25H22N6OS. The van der Waals surface area contributed by atoms with Gasteiger partial charge in [-0.05, 0) is 36.8 Å². The van der Waals surface area contributed by atoms with Crippen LogP contribution in [0.3, 0.4) is 0 Å². The van der Waals surface area contributed by atoms with Crippen LogP contribution in [0, 0.1) is 0 Å². The Balaban J connectivity index is 1.48. The van der Waals surface area contributed by atoms with Crippen molar-refractivity contribution in [1.29, 1.82) is 0 Å². The third-order valence-electron chi connectivity index (χ3n) is 5.29. The summed E-state index contributed by atoms with van der Waals surface area (Å²) in [6, 6.07) is 24.8. The predicted molar refractivity (Wildman–Crippen MR) is 130 cm³/mol. The van der Waals surface area contributed by atoms with Crippen molar-refractivity contribution in [1.82, 2.24) is 19.7 Å². The van der Waals surface area contributed by atoms with Gasteiger partial charge in [0.2, 0.25) is 11.1 Å². The summed E-state index contributed by atoms with van der Waals surface area (Å²) in [6.45, 7) is 1.88. The topological polar surface area (TPSA) is 84.7 Å². The number of para-hydroxylation sites is 1. The second-order valence-electron chi connectivity index (χ2n) is 7.58. The van der Waals surface area contributed by atoms with Crippen molar-refractivity contribution in [2.75, 3.05) is 10.6 Å². The summed E-state index contributed by atoms with van der Waals surface area (Å²) in [6.07, 6.45) is 1.72. The Bertz CT molecular complexity index is 1290. The molecule has 0 saturated heterocycles. The number of benzene rings is 2. The van der Waals surface area contributed by atoms with E-state index in [9.17, 15) is 4.79 Å². The third kappa shape index (κ3) is 4.51. The summed E-state index contributed by atoms with van der Waals surface area (Å²) in [5, 5.41) is 11.6. The van der Waals surface area contributed by atoms with Crippen LogP contribution in [-0.2, 0) is 10.5 Å². The van der Waals surface area contributed by atoms with E-state index in [0.29, 0.717) is 16.7 Å². The maximum Gasteiger partial charge on any atom is 0.255 e. The van der Waals surface area contributed by atoms with Gasteiger partial charge in [0.25, 0.3) is 5.91 Å². The second kappa shape index (κ2) is 9.30. The van der Waals surface area contributed by atoms with Gasteiger partial charge in [-0.2, -0.15) is 4.98 Å². The molecule has 7 nitrogen and oxygen atoms in total. The smallest absolute Gasteiger partial charge is 0.255 e. The van der Waals surface area contributed by atoms with Gasteiger partial charge >= 0.3 is 0 Å². The molecule has 0 saturated carbocycles. The first kappa shape index (κ1) is 21.0. The fourth-order valence-corrected chi connectivity index (χ4v) is 4.52. The Morgan fingerprint density at radius 1 is 1.03 bits per heavy atom. The van der Waals surface area contributed by atoms with Gasteiger partial charge in [-0.25, -0.2) is 4.68 Å². The molecule has 4 aromatic rings. The number of allylic oxidation sites excluding steroid dienone is 1. The molecule has 0 radical (unpaired) electrons. The molecule has 1 atom stereocenters. The van der Waals surface area contributed by atoms with Crippen LogP contribution in [0.4, 0.5) is 11.6 Å². The molecule has 0 aliphatic carbocycles. The van der Waals surface area contributed by atoms with Crippen molar-refractivity contribution in [3.8, 4) is 0 Å². The standard InChI is InChI=1S/C25H22N6OS/c1-17-21(23(32)28-19-12-6-3-7-13-19)22(20-14-8-9-15-26-20)31-24(27-17)29-25(30-31)33-16-18-10-4-2-5-11-18/h2-15,22H,16H2,1H3,(H,28,32)(H,27,29,30)/t22-/m1/s1. The van der Waals surface area contributed by atoms with Crippen molar-refractivity contribution >= 4 is 29.3 Å². The van der Waals surface area contributed by atoms with Crippen molar-refractivity contribution in [3.63, 3.8) is 0 Å². The zero-order chi connectivity index (χ0) is 22.6. The van der Waals surface area contributed by atoms with E-state index in [1.54, 1.807) is 22.6 Å². The number of anilines is 2. The summed E-state index contributed by atoms with van der Waals surface area (Å²) in [4.78, 5) is 22.6. The molecule has 0 unspecified atom stereocenters.